The molecule has 0 bridgehead atoms. The van der Waals surface area contributed by atoms with Crippen molar-refractivity contribution >= 4 is 17.5 Å². The molecule has 1 fully saturated rings. The summed E-state index contributed by atoms with van der Waals surface area (Å²) in [5.41, 5.74) is -0.958. The molecule has 1 heterocycles. The van der Waals surface area contributed by atoms with Gasteiger partial charge < -0.3 is 10.4 Å². The van der Waals surface area contributed by atoms with E-state index in [1.165, 1.54) is 12.5 Å². The number of anilines is 1. The molecule has 0 unspecified atom stereocenters. The maximum absolute atomic E-state index is 11.1. The zero-order chi connectivity index (χ0) is 14.8. The van der Waals surface area contributed by atoms with Crippen molar-refractivity contribution in [3.8, 4) is 0 Å². The van der Waals surface area contributed by atoms with Gasteiger partial charge in [0.15, 0.2) is 0 Å². The predicted molar refractivity (Wildman–Crippen MR) is 73.0 cm³/mol. The molecule has 20 heavy (non-hydrogen) atoms. The number of nitrogens with zero attached hydrogens (tertiary/aromatic N) is 2. The highest BCUT2D eigenvalue weighted by Crippen LogP contribution is 2.31. The van der Waals surface area contributed by atoms with Crippen LogP contribution < -0.4 is 5.32 Å². The van der Waals surface area contributed by atoms with Gasteiger partial charge in [0.25, 0.3) is 0 Å². The normalized spacial score (nSPS) is 17.4. The van der Waals surface area contributed by atoms with Gasteiger partial charge in [0, 0.05) is 11.6 Å². The van der Waals surface area contributed by atoms with Crippen molar-refractivity contribution in [3.63, 3.8) is 0 Å². The molecule has 1 aliphatic rings. The topological polar surface area (TPSA) is 105 Å². The van der Waals surface area contributed by atoms with Crippen molar-refractivity contribution in [2.24, 2.45) is 0 Å². The third kappa shape index (κ3) is 3.04. The first-order valence-electron chi connectivity index (χ1n) is 6.57. The van der Waals surface area contributed by atoms with Crippen LogP contribution in [0.4, 0.5) is 11.5 Å². The van der Waals surface area contributed by atoms with Crippen LogP contribution in [-0.4, -0.2) is 26.5 Å². The van der Waals surface area contributed by atoms with Gasteiger partial charge in [0.05, 0.1) is 4.92 Å². The number of aromatic carboxylic acids is 1. The van der Waals surface area contributed by atoms with Crippen LogP contribution in [0.2, 0.25) is 0 Å². The van der Waals surface area contributed by atoms with E-state index in [1.54, 1.807) is 0 Å². The molecule has 1 aliphatic carbocycles. The molecule has 1 aromatic heterocycles. The van der Waals surface area contributed by atoms with E-state index < -0.39 is 16.6 Å². The van der Waals surface area contributed by atoms with Gasteiger partial charge in [-0.25, -0.2) is 9.78 Å². The van der Waals surface area contributed by atoms with E-state index in [0.29, 0.717) is 5.82 Å². The van der Waals surface area contributed by atoms with E-state index in [-0.39, 0.29) is 11.1 Å². The molecule has 7 heteroatoms. The lowest BCUT2D eigenvalue weighted by molar-refractivity contribution is -0.385. The molecule has 7 nitrogen and oxygen atoms in total. The number of carboxylic acid groups (broad SMARTS) is 1. The molecule has 0 amide bonds. The number of hydrogen-bond donors (Lipinski definition) is 2. The van der Waals surface area contributed by atoms with E-state index in [1.807, 2.05) is 0 Å². The second-order valence-corrected chi connectivity index (χ2v) is 5.40. The Bertz CT molecular complexity index is 538. The van der Waals surface area contributed by atoms with Crippen LogP contribution in [0.1, 0.15) is 49.4 Å². The molecular weight excluding hydrogens is 262 g/mol. The lowest BCUT2D eigenvalue weighted by Gasteiger charge is -2.35. The van der Waals surface area contributed by atoms with E-state index in [4.69, 9.17) is 5.11 Å². The molecule has 1 aromatic rings. The van der Waals surface area contributed by atoms with Crippen LogP contribution in [0, 0.1) is 10.1 Å². The van der Waals surface area contributed by atoms with Crippen molar-refractivity contribution in [2.45, 2.75) is 44.6 Å². The fourth-order valence-electron chi connectivity index (χ4n) is 2.60. The largest absolute Gasteiger partial charge is 0.477 e. The minimum absolute atomic E-state index is 0.128. The molecular formula is C13H17N3O4. The second-order valence-electron chi connectivity index (χ2n) is 5.40. The van der Waals surface area contributed by atoms with Crippen LogP contribution in [0.15, 0.2) is 12.3 Å². The van der Waals surface area contributed by atoms with E-state index in [0.717, 1.165) is 31.9 Å². The molecule has 1 saturated carbocycles. The first kappa shape index (κ1) is 14.2. The van der Waals surface area contributed by atoms with Crippen molar-refractivity contribution in [1.29, 1.82) is 0 Å². The van der Waals surface area contributed by atoms with Gasteiger partial charge in [-0.3, -0.25) is 10.1 Å². The standard InChI is InChI=1S/C13H17N3O4/c1-13(5-3-2-4-6-13)15-11-7-9(12(17)18)10(8-14-11)16(19)20/h7-8H,2-6H2,1H3,(H,14,15)(H,17,18). The number of rotatable bonds is 4. The fraction of sp³-hybridized carbons (Fsp3) is 0.538. The minimum atomic E-state index is -1.32. The lowest BCUT2D eigenvalue weighted by Crippen LogP contribution is -2.37. The lowest BCUT2D eigenvalue weighted by atomic mass is 9.83. The molecule has 2 N–H and O–H groups in total. The molecule has 108 valence electrons. The maximum atomic E-state index is 11.1. The Kier molecular flexibility index (Phi) is 3.87. The Balaban J connectivity index is 2.27. The Labute approximate surface area is 116 Å². The first-order chi connectivity index (χ1) is 9.41. The van der Waals surface area contributed by atoms with Gasteiger partial charge in [-0.15, -0.1) is 0 Å². The summed E-state index contributed by atoms with van der Waals surface area (Å²) >= 11 is 0. The number of hydrogen-bond acceptors (Lipinski definition) is 5. The molecule has 0 aromatic carbocycles. The van der Waals surface area contributed by atoms with Crippen LogP contribution in [0.5, 0.6) is 0 Å². The molecule has 2 rings (SSSR count). The zero-order valence-corrected chi connectivity index (χ0v) is 11.3. The van der Waals surface area contributed by atoms with Crippen LogP contribution in [-0.2, 0) is 0 Å². The van der Waals surface area contributed by atoms with Gasteiger partial charge in [-0.2, -0.15) is 0 Å². The third-order valence-corrected chi connectivity index (χ3v) is 3.70. The predicted octanol–water partition coefficient (Wildman–Crippen LogP) is 2.82. The first-order valence-corrected chi connectivity index (χ1v) is 6.57. The van der Waals surface area contributed by atoms with Crippen LogP contribution in [0.3, 0.4) is 0 Å². The summed E-state index contributed by atoms with van der Waals surface area (Å²) < 4.78 is 0. The van der Waals surface area contributed by atoms with Crippen molar-refractivity contribution in [3.05, 3.63) is 27.9 Å². The average Bonchev–Trinajstić information content (AvgIpc) is 2.38. The number of nitro groups is 1. The fourth-order valence-corrected chi connectivity index (χ4v) is 2.60. The third-order valence-electron chi connectivity index (χ3n) is 3.70. The Hall–Kier alpha value is -2.18. The second kappa shape index (κ2) is 5.44. The number of pyridine rings is 1. The van der Waals surface area contributed by atoms with E-state index in [2.05, 4.69) is 17.2 Å². The zero-order valence-electron chi connectivity index (χ0n) is 11.3. The highest BCUT2D eigenvalue weighted by molar-refractivity contribution is 5.93. The molecule has 0 saturated heterocycles. The summed E-state index contributed by atoms with van der Waals surface area (Å²) in [6.45, 7) is 2.07. The van der Waals surface area contributed by atoms with E-state index >= 15 is 0 Å². The van der Waals surface area contributed by atoms with Gasteiger partial charge >= 0.3 is 11.7 Å². The summed E-state index contributed by atoms with van der Waals surface area (Å²) in [7, 11) is 0. The smallest absolute Gasteiger partial charge is 0.342 e. The van der Waals surface area contributed by atoms with E-state index in [9.17, 15) is 14.9 Å². The summed E-state index contributed by atoms with van der Waals surface area (Å²) in [4.78, 5) is 25.1. The summed E-state index contributed by atoms with van der Waals surface area (Å²) in [6, 6.07) is 1.24. The molecule has 0 radical (unpaired) electrons. The number of nitrogens with one attached hydrogen (secondary N) is 1. The van der Waals surface area contributed by atoms with Gasteiger partial charge in [0.2, 0.25) is 0 Å². The average molecular weight is 279 g/mol. The molecule has 0 spiro atoms. The van der Waals surface area contributed by atoms with Gasteiger partial charge in [-0.05, 0) is 19.8 Å². The number of carboxylic acids is 1. The van der Waals surface area contributed by atoms with Crippen molar-refractivity contribution < 1.29 is 14.8 Å². The summed E-state index contributed by atoms with van der Waals surface area (Å²) in [5, 5.41) is 23.0. The summed E-state index contributed by atoms with van der Waals surface area (Å²) in [5.74, 6) is -0.951. The molecule has 0 aliphatic heterocycles. The van der Waals surface area contributed by atoms with Gasteiger partial charge in [-0.1, -0.05) is 19.3 Å². The Morgan fingerprint density at radius 3 is 2.65 bits per heavy atom. The number of carbonyl (C=O) groups is 1. The SMILES string of the molecule is CC1(Nc2cc(C(=O)O)c([N+](=O)[O-])cn2)CCCCC1. The highest BCUT2D eigenvalue weighted by Gasteiger charge is 2.28. The van der Waals surface area contributed by atoms with Crippen LogP contribution >= 0.6 is 0 Å². The van der Waals surface area contributed by atoms with Crippen molar-refractivity contribution in [1.82, 2.24) is 4.98 Å². The quantitative estimate of drug-likeness (QED) is 0.648. The highest BCUT2D eigenvalue weighted by atomic mass is 16.6. The monoisotopic (exact) mass is 279 g/mol. The Morgan fingerprint density at radius 1 is 1.45 bits per heavy atom. The van der Waals surface area contributed by atoms with Crippen LogP contribution in [0.25, 0.3) is 0 Å². The number of aromatic nitrogens is 1. The minimum Gasteiger partial charge on any atom is -0.477 e. The maximum Gasteiger partial charge on any atom is 0.342 e. The Morgan fingerprint density at radius 2 is 2.10 bits per heavy atom. The van der Waals surface area contributed by atoms with Gasteiger partial charge in [0.1, 0.15) is 17.6 Å². The van der Waals surface area contributed by atoms with Crippen molar-refractivity contribution in [2.75, 3.05) is 5.32 Å². The summed E-state index contributed by atoms with van der Waals surface area (Å²) in [6.07, 6.45) is 6.38. The molecule has 0 atom stereocenters.